The van der Waals surface area contributed by atoms with Crippen molar-refractivity contribution < 1.29 is 28.7 Å². The minimum Gasteiger partial charge on any atom is -0.433 e. The van der Waals surface area contributed by atoms with Gasteiger partial charge in [-0.25, -0.2) is 0 Å². The molecule has 0 bridgehead atoms. The van der Waals surface area contributed by atoms with Crippen LogP contribution in [0.15, 0.2) is 54.6 Å². The first-order valence-electron chi connectivity index (χ1n) is 13.0. The minimum absolute atomic E-state index is 0.000379. The van der Waals surface area contributed by atoms with Crippen molar-refractivity contribution in [2.75, 3.05) is 19.7 Å². The summed E-state index contributed by atoms with van der Waals surface area (Å²) in [4.78, 5) is 54.1. The summed E-state index contributed by atoms with van der Waals surface area (Å²) in [7, 11) is 0. The van der Waals surface area contributed by atoms with Crippen LogP contribution in [0.4, 0.5) is 0 Å². The van der Waals surface area contributed by atoms with E-state index in [1.807, 2.05) is 48.6 Å². The molecule has 2 unspecified atom stereocenters. The third kappa shape index (κ3) is 5.27. The van der Waals surface area contributed by atoms with E-state index in [0.29, 0.717) is 31.6 Å². The zero-order valence-corrected chi connectivity index (χ0v) is 21.2. The lowest BCUT2D eigenvalue weighted by Gasteiger charge is -2.44. The molecule has 2 saturated heterocycles. The van der Waals surface area contributed by atoms with Gasteiger partial charge in [0.05, 0.1) is 6.42 Å². The number of esters is 1. The molecular formula is C28H32N4O6. The van der Waals surface area contributed by atoms with E-state index in [0.717, 1.165) is 10.8 Å². The van der Waals surface area contributed by atoms with Crippen molar-refractivity contribution >= 4 is 34.5 Å². The van der Waals surface area contributed by atoms with E-state index in [1.165, 1.54) is 0 Å². The number of nitrogens with one attached hydrogen (secondary N) is 3. The maximum Gasteiger partial charge on any atom is 0.310 e. The summed E-state index contributed by atoms with van der Waals surface area (Å²) in [6.45, 7) is 2.88. The number of carbonyl (C=O) groups is 4. The van der Waals surface area contributed by atoms with E-state index in [4.69, 9.17) is 9.47 Å². The Morgan fingerprint density at radius 3 is 2.68 bits per heavy atom. The number of benzene rings is 2. The van der Waals surface area contributed by atoms with Crippen LogP contribution < -0.4 is 16.0 Å². The van der Waals surface area contributed by atoms with Gasteiger partial charge in [-0.1, -0.05) is 48.6 Å². The molecule has 38 heavy (non-hydrogen) atoms. The molecule has 5 rings (SSSR count). The Balaban J connectivity index is 1.36. The normalized spacial score (nSPS) is 27.3. The lowest BCUT2D eigenvalue weighted by atomic mass is 9.97. The molecule has 10 nitrogen and oxygen atoms in total. The SMILES string of the molecule is CCOC1OC(=O)CC1NC(=O)[C@@H]1CNC[C@@H]2CC=CC[C@H](NC(=O)c3cccc4ccccc34)C(=O)N21. The third-order valence-electron chi connectivity index (χ3n) is 7.21. The van der Waals surface area contributed by atoms with Gasteiger partial charge in [0.25, 0.3) is 5.91 Å². The summed E-state index contributed by atoms with van der Waals surface area (Å²) in [6.07, 6.45) is 3.93. The smallest absolute Gasteiger partial charge is 0.310 e. The monoisotopic (exact) mass is 520 g/mol. The number of cyclic esters (lactones) is 1. The van der Waals surface area contributed by atoms with Gasteiger partial charge in [-0.15, -0.1) is 0 Å². The number of carbonyl (C=O) groups excluding carboxylic acids is 4. The van der Waals surface area contributed by atoms with Crippen LogP contribution in [0.3, 0.4) is 0 Å². The Labute approximate surface area is 220 Å². The fourth-order valence-corrected chi connectivity index (χ4v) is 5.38. The topological polar surface area (TPSA) is 126 Å². The number of amides is 3. The summed E-state index contributed by atoms with van der Waals surface area (Å²) in [5.74, 6) is -1.50. The van der Waals surface area contributed by atoms with Gasteiger partial charge in [0.15, 0.2) is 0 Å². The number of fused-ring (bicyclic) bond motifs is 2. The first kappa shape index (κ1) is 25.9. The number of piperazine rings is 1. The first-order chi connectivity index (χ1) is 18.5. The second-order valence-corrected chi connectivity index (χ2v) is 9.70. The van der Waals surface area contributed by atoms with Gasteiger partial charge in [0.1, 0.15) is 18.1 Å². The van der Waals surface area contributed by atoms with Gasteiger partial charge in [0.2, 0.25) is 18.1 Å². The van der Waals surface area contributed by atoms with E-state index in [-0.39, 0.29) is 30.8 Å². The van der Waals surface area contributed by atoms with Crippen molar-refractivity contribution in [3.8, 4) is 0 Å². The number of rotatable bonds is 6. The quantitative estimate of drug-likeness (QED) is 0.387. The molecule has 0 spiro atoms. The Bertz CT molecular complexity index is 1260. The zero-order chi connectivity index (χ0) is 26.6. The minimum atomic E-state index is -0.859. The lowest BCUT2D eigenvalue weighted by molar-refractivity contribution is -0.165. The molecule has 3 aliphatic rings. The van der Waals surface area contributed by atoms with Crippen LogP contribution in [-0.4, -0.2) is 78.7 Å². The standard InChI is InChI=1S/C28H32N4O6/c1-2-37-28-22(14-24(33)38-28)31-26(35)23-16-29-15-18-10-4-6-13-21(27(36)32(18)23)30-25(34)20-12-7-9-17-8-3-5-11-19(17)20/h3-9,11-12,18,21-23,28-29H,2,10,13-16H2,1H3,(H,30,34)(H,31,35)/t18-,21-,22?,23-,28?/m0/s1. The molecule has 0 aliphatic carbocycles. The van der Waals surface area contributed by atoms with Gasteiger partial charge in [-0.2, -0.15) is 0 Å². The van der Waals surface area contributed by atoms with Gasteiger partial charge >= 0.3 is 5.97 Å². The molecule has 5 atom stereocenters. The van der Waals surface area contributed by atoms with E-state index in [1.54, 1.807) is 17.9 Å². The second kappa shape index (κ2) is 11.3. The van der Waals surface area contributed by atoms with Crippen molar-refractivity contribution in [2.45, 2.75) is 56.6 Å². The van der Waals surface area contributed by atoms with Crippen LogP contribution in [0.5, 0.6) is 0 Å². The second-order valence-electron chi connectivity index (χ2n) is 9.70. The van der Waals surface area contributed by atoms with Gasteiger partial charge in [-0.3, -0.25) is 19.2 Å². The molecule has 2 fully saturated rings. The predicted octanol–water partition coefficient (Wildman–Crippen LogP) is 1.25. The maximum absolute atomic E-state index is 13.9. The molecule has 0 saturated carbocycles. The Morgan fingerprint density at radius 1 is 1.05 bits per heavy atom. The van der Waals surface area contributed by atoms with Crippen LogP contribution >= 0.6 is 0 Å². The van der Waals surface area contributed by atoms with Crippen molar-refractivity contribution in [3.05, 3.63) is 60.2 Å². The molecule has 0 aromatic heterocycles. The molecule has 3 heterocycles. The molecule has 3 N–H and O–H groups in total. The maximum atomic E-state index is 13.9. The largest absolute Gasteiger partial charge is 0.433 e. The molecule has 3 aliphatic heterocycles. The summed E-state index contributed by atoms with van der Waals surface area (Å²) >= 11 is 0. The average Bonchev–Trinajstić information content (AvgIpc) is 3.26. The van der Waals surface area contributed by atoms with Crippen molar-refractivity contribution in [3.63, 3.8) is 0 Å². The van der Waals surface area contributed by atoms with Crippen molar-refractivity contribution in [1.29, 1.82) is 0 Å². The van der Waals surface area contributed by atoms with Crippen LogP contribution in [-0.2, 0) is 23.9 Å². The highest BCUT2D eigenvalue weighted by Gasteiger charge is 2.44. The average molecular weight is 521 g/mol. The van der Waals surface area contributed by atoms with E-state index in [9.17, 15) is 19.2 Å². The summed E-state index contributed by atoms with van der Waals surface area (Å²) in [5, 5.41) is 10.8. The Kier molecular flexibility index (Phi) is 7.71. The highest BCUT2D eigenvalue weighted by Crippen LogP contribution is 2.23. The van der Waals surface area contributed by atoms with E-state index in [2.05, 4.69) is 16.0 Å². The first-order valence-corrected chi connectivity index (χ1v) is 13.0. The molecule has 0 radical (unpaired) electrons. The van der Waals surface area contributed by atoms with E-state index >= 15 is 0 Å². The summed E-state index contributed by atoms with van der Waals surface area (Å²) < 4.78 is 10.6. The summed E-state index contributed by atoms with van der Waals surface area (Å²) in [5.41, 5.74) is 0.487. The number of ether oxygens (including phenoxy) is 2. The molecule has 10 heteroatoms. The number of hydrogen-bond acceptors (Lipinski definition) is 7. The van der Waals surface area contributed by atoms with Crippen LogP contribution in [0.1, 0.15) is 36.5 Å². The Hall–Kier alpha value is -3.76. The van der Waals surface area contributed by atoms with Crippen LogP contribution in [0.2, 0.25) is 0 Å². The van der Waals surface area contributed by atoms with Gasteiger partial charge in [-0.05, 0) is 36.6 Å². The highest BCUT2D eigenvalue weighted by atomic mass is 16.7. The van der Waals surface area contributed by atoms with Crippen LogP contribution in [0.25, 0.3) is 10.8 Å². The fraction of sp³-hybridized carbons (Fsp3) is 0.429. The lowest BCUT2D eigenvalue weighted by Crippen LogP contribution is -2.67. The summed E-state index contributed by atoms with van der Waals surface area (Å²) in [6, 6.07) is 10.5. The molecule has 3 amide bonds. The van der Waals surface area contributed by atoms with Crippen molar-refractivity contribution in [2.24, 2.45) is 0 Å². The number of hydrogen-bond donors (Lipinski definition) is 3. The molecule has 2 aromatic rings. The molecule has 2 aromatic carbocycles. The van der Waals surface area contributed by atoms with Gasteiger partial charge < -0.3 is 30.3 Å². The predicted molar refractivity (Wildman–Crippen MR) is 139 cm³/mol. The third-order valence-corrected chi connectivity index (χ3v) is 7.21. The fourth-order valence-electron chi connectivity index (χ4n) is 5.38. The van der Waals surface area contributed by atoms with Crippen LogP contribution in [0, 0.1) is 0 Å². The molecular weight excluding hydrogens is 488 g/mol. The Morgan fingerprint density at radius 2 is 1.84 bits per heavy atom. The molecule has 200 valence electrons. The highest BCUT2D eigenvalue weighted by molar-refractivity contribution is 6.08. The zero-order valence-electron chi connectivity index (χ0n) is 21.2. The van der Waals surface area contributed by atoms with E-state index < -0.39 is 36.3 Å². The van der Waals surface area contributed by atoms with Crippen molar-refractivity contribution in [1.82, 2.24) is 20.9 Å². The number of nitrogens with zero attached hydrogens (tertiary/aromatic N) is 1. The van der Waals surface area contributed by atoms with Gasteiger partial charge in [0, 0.05) is 31.3 Å².